The van der Waals surface area contributed by atoms with E-state index in [1.807, 2.05) is 31.2 Å². The zero-order valence-electron chi connectivity index (χ0n) is 13.0. The largest absolute Gasteiger partial charge is 0.494 e. The van der Waals surface area contributed by atoms with Crippen LogP contribution in [0.15, 0.2) is 42.5 Å². The summed E-state index contributed by atoms with van der Waals surface area (Å²) in [6.45, 7) is 2.47. The Morgan fingerprint density at radius 3 is 2.14 bits per heavy atom. The second kappa shape index (κ2) is 7.36. The number of rotatable bonds is 5. The number of benzene rings is 2. The van der Waals surface area contributed by atoms with E-state index in [4.69, 9.17) is 9.47 Å². The molecule has 116 valence electrons. The van der Waals surface area contributed by atoms with Crippen molar-refractivity contribution in [3.8, 4) is 11.5 Å². The Kier molecular flexibility index (Phi) is 5.25. The number of anilines is 1. The molecule has 2 rings (SSSR count). The maximum Gasteiger partial charge on any atom is 0.319 e. The van der Waals surface area contributed by atoms with Gasteiger partial charge in [0, 0.05) is 6.54 Å². The summed E-state index contributed by atoms with van der Waals surface area (Å²) >= 11 is 0. The minimum atomic E-state index is -0.316. The zero-order chi connectivity index (χ0) is 15.9. The average Bonchev–Trinajstić information content (AvgIpc) is 2.54. The molecule has 2 aromatic rings. The van der Waals surface area contributed by atoms with Crippen LogP contribution in [-0.4, -0.2) is 20.3 Å². The number of amides is 2. The van der Waals surface area contributed by atoms with Gasteiger partial charge < -0.3 is 20.1 Å². The summed E-state index contributed by atoms with van der Waals surface area (Å²) in [7, 11) is 3.09. The molecule has 0 spiro atoms. The predicted octanol–water partition coefficient (Wildman–Crippen LogP) is 3.33. The minimum absolute atomic E-state index is 0.316. The van der Waals surface area contributed by atoms with Gasteiger partial charge in [0.2, 0.25) is 0 Å². The van der Waals surface area contributed by atoms with E-state index in [1.165, 1.54) is 5.56 Å². The SMILES string of the molecule is COc1cccc(OC)c1NC(=O)NCc1ccc(C)cc1. The lowest BCUT2D eigenvalue weighted by molar-refractivity contribution is 0.251. The molecule has 0 aliphatic heterocycles. The number of ether oxygens (including phenoxy) is 2. The number of aryl methyl sites for hydroxylation is 1. The van der Waals surface area contributed by atoms with Gasteiger partial charge in [-0.1, -0.05) is 35.9 Å². The Labute approximate surface area is 130 Å². The van der Waals surface area contributed by atoms with Crippen LogP contribution in [0.1, 0.15) is 11.1 Å². The fourth-order valence-electron chi connectivity index (χ4n) is 2.02. The van der Waals surface area contributed by atoms with Crippen LogP contribution in [0.2, 0.25) is 0 Å². The summed E-state index contributed by atoms with van der Waals surface area (Å²) in [6, 6.07) is 13.0. The van der Waals surface area contributed by atoms with Crippen molar-refractivity contribution in [1.29, 1.82) is 0 Å². The minimum Gasteiger partial charge on any atom is -0.494 e. The highest BCUT2D eigenvalue weighted by molar-refractivity contribution is 5.92. The molecule has 2 amide bonds. The standard InChI is InChI=1S/C17H20N2O3/c1-12-7-9-13(10-8-12)11-18-17(20)19-16-14(21-2)5-4-6-15(16)22-3/h4-10H,11H2,1-3H3,(H2,18,19,20). The maximum atomic E-state index is 12.1. The van der Waals surface area contributed by atoms with Crippen LogP contribution in [0.5, 0.6) is 11.5 Å². The molecule has 0 radical (unpaired) electrons. The van der Waals surface area contributed by atoms with Crippen molar-refractivity contribution in [3.63, 3.8) is 0 Å². The number of hydrogen-bond acceptors (Lipinski definition) is 3. The van der Waals surface area contributed by atoms with Gasteiger partial charge in [0.15, 0.2) is 0 Å². The van der Waals surface area contributed by atoms with E-state index in [0.717, 1.165) is 5.56 Å². The zero-order valence-corrected chi connectivity index (χ0v) is 13.0. The Hall–Kier alpha value is -2.69. The molecule has 0 aliphatic carbocycles. The van der Waals surface area contributed by atoms with Gasteiger partial charge in [-0.2, -0.15) is 0 Å². The van der Waals surface area contributed by atoms with E-state index >= 15 is 0 Å². The molecule has 5 heteroatoms. The highest BCUT2D eigenvalue weighted by Crippen LogP contribution is 2.33. The highest BCUT2D eigenvalue weighted by Gasteiger charge is 2.12. The lowest BCUT2D eigenvalue weighted by Gasteiger charge is -2.14. The first-order valence-corrected chi connectivity index (χ1v) is 6.95. The number of hydrogen-bond donors (Lipinski definition) is 2. The van der Waals surface area contributed by atoms with E-state index in [0.29, 0.717) is 23.7 Å². The number of urea groups is 1. The van der Waals surface area contributed by atoms with Crippen LogP contribution < -0.4 is 20.1 Å². The average molecular weight is 300 g/mol. The Morgan fingerprint density at radius 1 is 1.00 bits per heavy atom. The van der Waals surface area contributed by atoms with Crippen LogP contribution in [0, 0.1) is 6.92 Å². The Morgan fingerprint density at radius 2 is 1.59 bits per heavy atom. The summed E-state index contributed by atoms with van der Waals surface area (Å²) in [4.78, 5) is 12.1. The molecule has 0 saturated carbocycles. The molecule has 22 heavy (non-hydrogen) atoms. The number of nitrogens with one attached hydrogen (secondary N) is 2. The third kappa shape index (κ3) is 3.91. The van der Waals surface area contributed by atoms with Crippen LogP contribution in [0.25, 0.3) is 0 Å². The summed E-state index contributed by atoms with van der Waals surface area (Å²) in [5.41, 5.74) is 2.73. The van der Waals surface area contributed by atoms with Gasteiger partial charge >= 0.3 is 6.03 Å². The maximum absolute atomic E-state index is 12.1. The molecule has 0 aromatic heterocycles. The summed E-state index contributed by atoms with van der Waals surface area (Å²) < 4.78 is 10.5. The normalized spacial score (nSPS) is 9.95. The molecule has 0 aliphatic rings. The first-order chi connectivity index (χ1) is 10.6. The monoisotopic (exact) mass is 300 g/mol. The van der Waals surface area contributed by atoms with Crippen LogP contribution in [0.4, 0.5) is 10.5 Å². The smallest absolute Gasteiger partial charge is 0.319 e. The summed E-state index contributed by atoms with van der Waals surface area (Å²) in [5.74, 6) is 1.09. The Bertz CT molecular complexity index is 617. The first-order valence-electron chi connectivity index (χ1n) is 6.95. The molecule has 2 N–H and O–H groups in total. The topological polar surface area (TPSA) is 59.6 Å². The summed E-state index contributed by atoms with van der Waals surface area (Å²) in [6.07, 6.45) is 0. The van der Waals surface area contributed by atoms with Crippen molar-refractivity contribution in [1.82, 2.24) is 5.32 Å². The van der Waals surface area contributed by atoms with E-state index in [-0.39, 0.29) is 6.03 Å². The summed E-state index contributed by atoms with van der Waals surface area (Å²) in [5, 5.41) is 5.57. The molecule has 0 unspecified atom stereocenters. The van der Waals surface area contributed by atoms with Gasteiger partial charge in [-0.3, -0.25) is 0 Å². The van der Waals surface area contributed by atoms with Gasteiger partial charge in [0.25, 0.3) is 0 Å². The van der Waals surface area contributed by atoms with Crippen molar-refractivity contribution in [3.05, 3.63) is 53.6 Å². The lowest BCUT2D eigenvalue weighted by Crippen LogP contribution is -2.28. The van der Waals surface area contributed by atoms with E-state index in [2.05, 4.69) is 10.6 Å². The predicted molar refractivity (Wildman–Crippen MR) is 86.6 cm³/mol. The fraction of sp³-hybridized carbons (Fsp3) is 0.235. The van der Waals surface area contributed by atoms with Crippen molar-refractivity contribution in [2.75, 3.05) is 19.5 Å². The van der Waals surface area contributed by atoms with Crippen LogP contribution in [-0.2, 0) is 6.54 Å². The first kappa shape index (κ1) is 15.7. The van der Waals surface area contributed by atoms with E-state index < -0.39 is 0 Å². The third-order valence-corrected chi connectivity index (χ3v) is 3.24. The van der Waals surface area contributed by atoms with Gasteiger partial charge in [0.05, 0.1) is 14.2 Å². The number of methoxy groups -OCH3 is 2. The van der Waals surface area contributed by atoms with E-state index in [9.17, 15) is 4.79 Å². The molecular formula is C17H20N2O3. The van der Waals surface area contributed by atoms with Gasteiger partial charge in [0.1, 0.15) is 17.2 Å². The Balaban J connectivity index is 2.01. The number of carbonyl (C=O) groups excluding carboxylic acids is 1. The molecular weight excluding hydrogens is 280 g/mol. The number of carbonyl (C=O) groups is 1. The molecule has 5 nitrogen and oxygen atoms in total. The van der Waals surface area contributed by atoms with Crippen molar-refractivity contribution < 1.29 is 14.3 Å². The van der Waals surface area contributed by atoms with Crippen molar-refractivity contribution in [2.24, 2.45) is 0 Å². The second-order valence-electron chi connectivity index (χ2n) is 4.83. The van der Waals surface area contributed by atoms with E-state index in [1.54, 1.807) is 32.4 Å². The molecule has 2 aromatic carbocycles. The van der Waals surface area contributed by atoms with Crippen molar-refractivity contribution >= 4 is 11.7 Å². The molecule has 0 bridgehead atoms. The van der Waals surface area contributed by atoms with Gasteiger partial charge in [-0.25, -0.2) is 4.79 Å². The molecule has 0 atom stereocenters. The van der Waals surface area contributed by atoms with Crippen LogP contribution >= 0.6 is 0 Å². The van der Waals surface area contributed by atoms with Crippen LogP contribution in [0.3, 0.4) is 0 Å². The lowest BCUT2D eigenvalue weighted by atomic mass is 10.1. The highest BCUT2D eigenvalue weighted by atomic mass is 16.5. The molecule has 0 saturated heterocycles. The number of para-hydroxylation sites is 1. The quantitative estimate of drug-likeness (QED) is 0.890. The third-order valence-electron chi connectivity index (χ3n) is 3.24. The second-order valence-corrected chi connectivity index (χ2v) is 4.83. The fourth-order valence-corrected chi connectivity index (χ4v) is 2.02. The van der Waals surface area contributed by atoms with Gasteiger partial charge in [-0.15, -0.1) is 0 Å². The molecule has 0 fully saturated rings. The van der Waals surface area contributed by atoms with Gasteiger partial charge in [-0.05, 0) is 24.6 Å². The molecule has 0 heterocycles. The van der Waals surface area contributed by atoms with Crippen molar-refractivity contribution in [2.45, 2.75) is 13.5 Å².